The number of hydrogen-bond acceptors (Lipinski definition) is 4. The second-order valence-corrected chi connectivity index (χ2v) is 5.08. The van der Waals surface area contributed by atoms with E-state index < -0.39 is 22.4 Å². The Labute approximate surface area is 108 Å². The molecule has 1 fully saturated rings. The number of aliphatic carboxylic acids is 1. The highest BCUT2D eigenvalue weighted by Gasteiger charge is 2.41. The molecule has 0 spiro atoms. The first-order chi connectivity index (χ1) is 8.50. The van der Waals surface area contributed by atoms with Gasteiger partial charge in [-0.2, -0.15) is 0 Å². The Hall–Kier alpha value is -1.82. The van der Waals surface area contributed by atoms with Gasteiger partial charge in [-0.05, 0) is 30.3 Å². The van der Waals surface area contributed by atoms with E-state index in [9.17, 15) is 14.4 Å². The van der Waals surface area contributed by atoms with Crippen molar-refractivity contribution in [1.82, 2.24) is 0 Å². The third-order valence-electron chi connectivity index (χ3n) is 2.64. The third-order valence-corrected chi connectivity index (χ3v) is 3.67. The number of rotatable bonds is 3. The second-order valence-electron chi connectivity index (χ2n) is 3.93. The van der Waals surface area contributed by atoms with E-state index in [4.69, 9.17) is 5.11 Å². The Morgan fingerprint density at radius 3 is 2.67 bits per heavy atom. The zero-order valence-corrected chi connectivity index (χ0v) is 10.4. The Morgan fingerprint density at radius 2 is 2.06 bits per heavy atom. The molecule has 1 aromatic rings. The molecule has 1 saturated heterocycles. The van der Waals surface area contributed by atoms with Crippen LogP contribution in [0, 0.1) is 6.92 Å². The van der Waals surface area contributed by atoms with Crippen molar-refractivity contribution in [2.45, 2.75) is 18.6 Å². The fraction of sp³-hybridized carbons (Fsp3) is 0.250. The number of carbonyl (C=O) groups excluding carboxylic acids is 2. The molecule has 1 aliphatic heterocycles. The summed E-state index contributed by atoms with van der Waals surface area (Å²) in [6, 6.07) is 7.02. The maximum absolute atomic E-state index is 12.0. The molecule has 0 aromatic heterocycles. The summed E-state index contributed by atoms with van der Waals surface area (Å²) in [7, 11) is 0. The van der Waals surface area contributed by atoms with Crippen LogP contribution in [-0.4, -0.2) is 27.5 Å². The Morgan fingerprint density at radius 1 is 1.39 bits per heavy atom. The van der Waals surface area contributed by atoms with Crippen molar-refractivity contribution in [1.29, 1.82) is 0 Å². The van der Waals surface area contributed by atoms with Crippen LogP contribution in [0.15, 0.2) is 24.3 Å². The normalized spacial score (nSPS) is 19.4. The first kappa shape index (κ1) is 12.6. The van der Waals surface area contributed by atoms with Gasteiger partial charge in [-0.25, -0.2) is 4.90 Å². The lowest BCUT2D eigenvalue weighted by Gasteiger charge is -2.15. The molecule has 1 N–H and O–H groups in total. The van der Waals surface area contributed by atoms with Crippen LogP contribution in [0.25, 0.3) is 0 Å². The monoisotopic (exact) mass is 265 g/mol. The molecule has 1 unspecified atom stereocenters. The lowest BCUT2D eigenvalue weighted by molar-refractivity contribution is -0.138. The van der Waals surface area contributed by atoms with Gasteiger partial charge < -0.3 is 5.11 Å². The van der Waals surface area contributed by atoms with Gasteiger partial charge in [0, 0.05) is 0 Å². The summed E-state index contributed by atoms with van der Waals surface area (Å²) in [5.41, 5.74) is 1.32. The predicted molar refractivity (Wildman–Crippen MR) is 67.7 cm³/mol. The zero-order valence-electron chi connectivity index (χ0n) is 9.62. The van der Waals surface area contributed by atoms with E-state index in [0.717, 1.165) is 22.2 Å². The number of carboxylic acid groups (broad SMARTS) is 1. The van der Waals surface area contributed by atoms with Crippen molar-refractivity contribution in [3.63, 3.8) is 0 Å². The van der Waals surface area contributed by atoms with Crippen LogP contribution in [0.4, 0.5) is 10.5 Å². The topological polar surface area (TPSA) is 74.7 Å². The van der Waals surface area contributed by atoms with E-state index in [1.165, 1.54) is 0 Å². The van der Waals surface area contributed by atoms with Gasteiger partial charge in [0.1, 0.15) is 5.25 Å². The van der Waals surface area contributed by atoms with E-state index in [1.54, 1.807) is 25.1 Å². The molecule has 6 heteroatoms. The van der Waals surface area contributed by atoms with Crippen LogP contribution in [-0.2, 0) is 9.59 Å². The molecule has 2 rings (SSSR count). The molecule has 1 aromatic carbocycles. The average molecular weight is 265 g/mol. The molecule has 5 nitrogen and oxygen atoms in total. The second kappa shape index (κ2) is 4.81. The van der Waals surface area contributed by atoms with Crippen LogP contribution >= 0.6 is 11.8 Å². The van der Waals surface area contributed by atoms with Gasteiger partial charge in [-0.15, -0.1) is 0 Å². The molecule has 1 atom stereocenters. The fourth-order valence-corrected chi connectivity index (χ4v) is 2.75. The number of imide groups is 1. The number of aryl methyl sites for hydroxylation is 1. The summed E-state index contributed by atoms with van der Waals surface area (Å²) in [4.78, 5) is 35.5. The van der Waals surface area contributed by atoms with Crippen LogP contribution < -0.4 is 4.90 Å². The molecule has 0 saturated carbocycles. The molecule has 1 aliphatic rings. The first-order valence-electron chi connectivity index (χ1n) is 5.32. The van der Waals surface area contributed by atoms with Crippen molar-refractivity contribution in [3.05, 3.63) is 29.8 Å². The molecule has 0 bridgehead atoms. The van der Waals surface area contributed by atoms with Crippen LogP contribution in [0.5, 0.6) is 0 Å². The number of carbonyl (C=O) groups is 3. The number of anilines is 1. The van der Waals surface area contributed by atoms with E-state index in [2.05, 4.69) is 0 Å². The molecule has 1 heterocycles. The Bertz CT molecular complexity index is 529. The van der Waals surface area contributed by atoms with Crippen LogP contribution in [0.2, 0.25) is 0 Å². The fourth-order valence-electron chi connectivity index (χ4n) is 1.78. The zero-order chi connectivity index (χ0) is 13.3. The molecular weight excluding hydrogens is 254 g/mol. The largest absolute Gasteiger partial charge is 0.481 e. The number of carboxylic acids is 1. The quantitative estimate of drug-likeness (QED) is 0.905. The summed E-state index contributed by atoms with van der Waals surface area (Å²) in [6.07, 6.45) is -0.336. The maximum Gasteiger partial charge on any atom is 0.305 e. The molecule has 0 radical (unpaired) electrons. The van der Waals surface area contributed by atoms with Crippen LogP contribution in [0.1, 0.15) is 12.0 Å². The van der Waals surface area contributed by atoms with Crippen molar-refractivity contribution in [3.8, 4) is 0 Å². The summed E-state index contributed by atoms with van der Waals surface area (Å²) >= 11 is 0.770. The molecular formula is C12H11NO4S. The Kier molecular flexibility index (Phi) is 3.38. The van der Waals surface area contributed by atoms with Gasteiger partial charge in [-0.1, -0.05) is 18.2 Å². The minimum atomic E-state index is -1.08. The van der Waals surface area contributed by atoms with E-state index >= 15 is 0 Å². The Balaban J connectivity index is 2.30. The number of benzene rings is 1. The van der Waals surface area contributed by atoms with Gasteiger partial charge in [0.25, 0.3) is 5.24 Å². The molecule has 94 valence electrons. The molecule has 2 amide bonds. The number of para-hydroxylation sites is 1. The molecule has 0 aliphatic carbocycles. The summed E-state index contributed by atoms with van der Waals surface area (Å²) in [6.45, 7) is 1.80. The third kappa shape index (κ3) is 2.24. The minimum Gasteiger partial charge on any atom is -0.481 e. The number of thioether (sulfide) groups is 1. The average Bonchev–Trinajstić information content (AvgIpc) is 2.55. The standard InChI is InChI=1S/C12H11NO4S/c1-7-4-2-3-5-8(7)13-11(16)9(6-10(14)15)18-12(13)17/h2-5,9H,6H2,1H3,(H,14,15). The van der Waals surface area contributed by atoms with Gasteiger partial charge >= 0.3 is 5.97 Å². The maximum atomic E-state index is 12.0. The van der Waals surface area contributed by atoms with E-state index in [1.807, 2.05) is 6.07 Å². The highest BCUT2D eigenvalue weighted by molar-refractivity contribution is 8.15. The molecule has 18 heavy (non-hydrogen) atoms. The van der Waals surface area contributed by atoms with Crippen molar-refractivity contribution >= 4 is 34.6 Å². The van der Waals surface area contributed by atoms with Gasteiger partial charge in [0.05, 0.1) is 12.1 Å². The van der Waals surface area contributed by atoms with Crippen molar-refractivity contribution in [2.24, 2.45) is 0 Å². The summed E-state index contributed by atoms with van der Waals surface area (Å²) in [5.74, 6) is -1.54. The SMILES string of the molecule is Cc1ccccc1N1C(=O)SC(CC(=O)O)C1=O. The highest BCUT2D eigenvalue weighted by atomic mass is 32.2. The van der Waals surface area contributed by atoms with Crippen molar-refractivity contribution in [2.75, 3.05) is 4.90 Å². The number of amides is 2. The van der Waals surface area contributed by atoms with Gasteiger partial charge in [0.2, 0.25) is 5.91 Å². The smallest absolute Gasteiger partial charge is 0.305 e. The number of hydrogen-bond donors (Lipinski definition) is 1. The number of nitrogens with zero attached hydrogens (tertiary/aromatic N) is 1. The van der Waals surface area contributed by atoms with Gasteiger partial charge in [-0.3, -0.25) is 14.4 Å². The summed E-state index contributed by atoms with van der Waals surface area (Å²) < 4.78 is 0. The first-order valence-corrected chi connectivity index (χ1v) is 6.20. The minimum absolute atomic E-state index is 0.336. The highest BCUT2D eigenvalue weighted by Crippen LogP contribution is 2.34. The lowest BCUT2D eigenvalue weighted by Crippen LogP contribution is -2.32. The summed E-state index contributed by atoms with van der Waals surface area (Å²) in [5, 5.41) is 7.45. The lowest BCUT2D eigenvalue weighted by atomic mass is 10.1. The van der Waals surface area contributed by atoms with E-state index in [-0.39, 0.29) is 6.42 Å². The predicted octanol–water partition coefficient (Wildman–Crippen LogP) is 2.04. The van der Waals surface area contributed by atoms with E-state index in [0.29, 0.717) is 5.69 Å². The van der Waals surface area contributed by atoms with Gasteiger partial charge in [0.15, 0.2) is 0 Å². The van der Waals surface area contributed by atoms with Crippen LogP contribution in [0.3, 0.4) is 0 Å². The van der Waals surface area contributed by atoms with Crippen molar-refractivity contribution < 1.29 is 19.5 Å².